The number of fused-ring (bicyclic) bond motifs is 1. The summed E-state index contributed by atoms with van der Waals surface area (Å²) in [7, 11) is 0. The maximum absolute atomic E-state index is 12.8. The summed E-state index contributed by atoms with van der Waals surface area (Å²) in [5.74, 6) is -0.0444. The van der Waals surface area contributed by atoms with Crippen LogP contribution >= 0.6 is 11.6 Å². The molecule has 5 nitrogen and oxygen atoms in total. The molecule has 1 aromatic heterocycles. The van der Waals surface area contributed by atoms with E-state index in [9.17, 15) is 9.59 Å². The van der Waals surface area contributed by atoms with Crippen molar-refractivity contribution >= 4 is 40.1 Å². The van der Waals surface area contributed by atoms with Gasteiger partial charge in [-0.1, -0.05) is 60.1 Å². The highest BCUT2D eigenvalue weighted by Crippen LogP contribution is 2.21. The highest BCUT2D eigenvalue weighted by molar-refractivity contribution is 6.31. The fourth-order valence-electron chi connectivity index (χ4n) is 3.49. The topological polar surface area (TPSA) is 62.6 Å². The number of furan rings is 1. The molecule has 0 saturated carbocycles. The molecule has 6 heteroatoms. The van der Waals surface area contributed by atoms with Crippen molar-refractivity contribution in [3.05, 3.63) is 101 Å². The Labute approximate surface area is 191 Å². The van der Waals surface area contributed by atoms with Gasteiger partial charge in [-0.15, -0.1) is 0 Å². The fourth-order valence-corrected chi connectivity index (χ4v) is 3.68. The number of hydrogen-bond donors (Lipinski definition) is 1. The lowest BCUT2D eigenvalue weighted by atomic mass is 10.1. The molecule has 4 aromatic rings. The molecule has 0 unspecified atom stereocenters. The Bertz CT molecular complexity index is 1210. The number of anilines is 1. The number of hydrogen-bond acceptors (Lipinski definition) is 3. The van der Waals surface area contributed by atoms with Crippen LogP contribution in [0, 0.1) is 0 Å². The molecule has 162 valence electrons. The number of carbonyl (C=O) groups excluding carboxylic acids is 2. The molecule has 3 aromatic carbocycles. The molecule has 0 fully saturated rings. The van der Waals surface area contributed by atoms with Gasteiger partial charge in [-0.05, 0) is 48.4 Å². The summed E-state index contributed by atoms with van der Waals surface area (Å²) in [6.45, 7) is 3.02. The standard InChI is InChI=1S/C26H23ClN2O3/c1-2-29(17-20-8-3-5-9-22(20)27)25(30)15-18-11-13-21(14-12-18)28-26(31)24-16-19-7-4-6-10-23(19)32-24/h3-14,16H,2,15,17H2,1H3,(H,28,31). The number of nitrogens with one attached hydrogen (secondary N) is 1. The van der Waals surface area contributed by atoms with Crippen molar-refractivity contribution < 1.29 is 14.0 Å². The number of amides is 2. The van der Waals surface area contributed by atoms with E-state index in [-0.39, 0.29) is 24.0 Å². The third-order valence-corrected chi connectivity index (χ3v) is 5.64. The zero-order chi connectivity index (χ0) is 22.5. The summed E-state index contributed by atoms with van der Waals surface area (Å²) in [6, 6.07) is 24.0. The predicted molar refractivity (Wildman–Crippen MR) is 127 cm³/mol. The molecule has 1 heterocycles. The van der Waals surface area contributed by atoms with Crippen LogP contribution in [0.5, 0.6) is 0 Å². The quantitative estimate of drug-likeness (QED) is 0.382. The first-order valence-electron chi connectivity index (χ1n) is 10.4. The minimum absolute atomic E-state index is 0.0199. The second-order valence-electron chi connectivity index (χ2n) is 7.48. The number of para-hydroxylation sites is 1. The molecule has 0 spiro atoms. The zero-order valence-corrected chi connectivity index (χ0v) is 18.4. The van der Waals surface area contributed by atoms with E-state index in [1.807, 2.05) is 67.6 Å². The number of likely N-dealkylation sites (N-methyl/N-ethyl adjacent to an activating group) is 1. The van der Waals surface area contributed by atoms with Crippen LogP contribution in [0.2, 0.25) is 5.02 Å². The van der Waals surface area contributed by atoms with Crippen LogP contribution in [0.3, 0.4) is 0 Å². The Morgan fingerprint density at radius 1 is 0.969 bits per heavy atom. The maximum Gasteiger partial charge on any atom is 0.291 e. The van der Waals surface area contributed by atoms with Crippen LogP contribution in [0.4, 0.5) is 5.69 Å². The molecular formula is C26H23ClN2O3. The average molecular weight is 447 g/mol. The van der Waals surface area contributed by atoms with Crippen LogP contribution in [0.15, 0.2) is 83.3 Å². The highest BCUT2D eigenvalue weighted by atomic mass is 35.5. The van der Waals surface area contributed by atoms with Gasteiger partial charge >= 0.3 is 0 Å². The van der Waals surface area contributed by atoms with Crippen molar-refractivity contribution in [2.75, 3.05) is 11.9 Å². The minimum atomic E-state index is -0.318. The lowest BCUT2D eigenvalue weighted by molar-refractivity contribution is -0.130. The van der Waals surface area contributed by atoms with E-state index in [0.29, 0.717) is 29.4 Å². The van der Waals surface area contributed by atoms with Gasteiger partial charge in [0.05, 0.1) is 6.42 Å². The van der Waals surface area contributed by atoms with Gasteiger partial charge in [0.15, 0.2) is 5.76 Å². The maximum atomic E-state index is 12.8. The van der Waals surface area contributed by atoms with E-state index in [4.69, 9.17) is 16.0 Å². The Balaban J connectivity index is 1.37. The van der Waals surface area contributed by atoms with Gasteiger partial charge in [0.25, 0.3) is 5.91 Å². The summed E-state index contributed by atoms with van der Waals surface area (Å²) in [6.07, 6.45) is 0.274. The Kier molecular flexibility index (Phi) is 6.57. The average Bonchev–Trinajstić information content (AvgIpc) is 3.24. The van der Waals surface area contributed by atoms with Crippen molar-refractivity contribution in [1.82, 2.24) is 4.90 Å². The zero-order valence-electron chi connectivity index (χ0n) is 17.7. The van der Waals surface area contributed by atoms with E-state index >= 15 is 0 Å². The van der Waals surface area contributed by atoms with E-state index < -0.39 is 0 Å². The van der Waals surface area contributed by atoms with E-state index in [1.54, 1.807) is 23.1 Å². The largest absolute Gasteiger partial charge is 0.451 e. The molecule has 2 amide bonds. The van der Waals surface area contributed by atoms with Crippen LogP contribution < -0.4 is 5.32 Å². The SMILES string of the molecule is CCN(Cc1ccccc1Cl)C(=O)Cc1ccc(NC(=O)c2cc3ccccc3o2)cc1. The first-order valence-corrected chi connectivity index (χ1v) is 10.8. The Morgan fingerprint density at radius 3 is 2.41 bits per heavy atom. The van der Waals surface area contributed by atoms with E-state index in [1.165, 1.54) is 0 Å². The van der Waals surface area contributed by atoms with Crippen LogP contribution in [-0.4, -0.2) is 23.3 Å². The normalized spacial score (nSPS) is 10.8. The van der Waals surface area contributed by atoms with Crippen molar-refractivity contribution in [1.29, 1.82) is 0 Å². The summed E-state index contributed by atoms with van der Waals surface area (Å²) in [5, 5.41) is 4.36. The Morgan fingerprint density at radius 2 is 1.69 bits per heavy atom. The minimum Gasteiger partial charge on any atom is -0.451 e. The fraction of sp³-hybridized carbons (Fsp3) is 0.154. The molecule has 32 heavy (non-hydrogen) atoms. The first kappa shape index (κ1) is 21.7. The van der Waals surface area contributed by atoms with Crippen molar-refractivity contribution in [2.45, 2.75) is 19.9 Å². The molecule has 0 aliphatic rings. The van der Waals surface area contributed by atoms with Crippen LogP contribution in [0.25, 0.3) is 11.0 Å². The lowest BCUT2D eigenvalue weighted by Gasteiger charge is -2.21. The highest BCUT2D eigenvalue weighted by Gasteiger charge is 2.15. The number of carbonyl (C=O) groups is 2. The van der Waals surface area contributed by atoms with Gasteiger partial charge in [-0.2, -0.15) is 0 Å². The predicted octanol–water partition coefficient (Wildman–Crippen LogP) is 5.93. The van der Waals surface area contributed by atoms with Gasteiger partial charge in [0.2, 0.25) is 5.91 Å². The third kappa shape index (κ3) is 5.01. The lowest BCUT2D eigenvalue weighted by Crippen LogP contribution is -2.31. The number of halogens is 1. The van der Waals surface area contributed by atoms with E-state index in [2.05, 4.69) is 5.32 Å². The molecule has 1 N–H and O–H groups in total. The smallest absolute Gasteiger partial charge is 0.291 e. The molecule has 0 aliphatic carbocycles. The summed E-state index contributed by atoms with van der Waals surface area (Å²) in [5.41, 5.74) is 3.10. The van der Waals surface area contributed by atoms with Gasteiger partial charge < -0.3 is 14.6 Å². The van der Waals surface area contributed by atoms with Crippen LogP contribution in [0.1, 0.15) is 28.6 Å². The third-order valence-electron chi connectivity index (χ3n) is 5.27. The first-order chi connectivity index (χ1) is 15.5. The van der Waals surface area contributed by atoms with Gasteiger partial charge in [-0.3, -0.25) is 9.59 Å². The van der Waals surface area contributed by atoms with Gasteiger partial charge in [0, 0.05) is 29.2 Å². The summed E-state index contributed by atoms with van der Waals surface area (Å²) >= 11 is 6.24. The van der Waals surface area contributed by atoms with Gasteiger partial charge in [-0.25, -0.2) is 0 Å². The molecule has 0 aliphatic heterocycles. The summed E-state index contributed by atoms with van der Waals surface area (Å²) in [4.78, 5) is 27.1. The van der Waals surface area contributed by atoms with E-state index in [0.717, 1.165) is 16.5 Å². The second kappa shape index (κ2) is 9.71. The molecule has 0 atom stereocenters. The monoisotopic (exact) mass is 446 g/mol. The molecule has 0 bridgehead atoms. The van der Waals surface area contributed by atoms with Crippen molar-refractivity contribution in [3.8, 4) is 0 Å². The summed E-state index contributed by atoms with van der Waals surface area (Å²) < 4.78 is 5.60. The molecule has 0 radical (unpaired) electrons. The number of benzene rings is 3. The molecule has 4 rings (SSSR count). The van der Waals surface area contributed by atoms with Crippen LogP contribution in [-0.2, 0) is 17.8 Å². The van der Waals surface area contributed by atoms with Crippen molar-refractivity contribution in [2.24, 2.45) is 0 Å². The second-order valence-corrected chi connectivity index (χ2v) is 7.88. The number of rotatable bonds is 7. The molecule has 0 saturated heterocycles. The van der Waals surface area contributed by atoms with Gasteiger partial charge in [0.1, 0.15) is 5.58 Å². The number of nitrogens with zero attached hydrogens (tertiary/aromatic N) is 1. The molecular weight excluding hydrogens is 424 g/mol. The Hall–Kier alpha value is -3.57. The van der Waals surface area contributed by atoms with Crippen molar-refractivity contribution in [3.63, 3.8) is 0 Å².